The maximum absolute atomic E-state index is 12.5. The minimum Gasteiger partial charge on any atom is -0.488 e. The Balaban J connectivity index is 1.29. The predicted octanol–water partition coefficient (Wildman–Crippen LogP) is 2.68. The van der Waals surface area contributed by atoms with Crippen molar-refractivity contribution in [1.29, 1.82) is 0 Å². The number of ether oxygens (including phenoxy) is 1. The second kappa shape index (κ2) is 6.90. The number of para-hydroxylation sites is 1. The molecule has 25 heavy (non-hydrogen) atoms. The summed E-state index contributed by atoms with van der Waals surface area (Å²) >= 11 is 0. The zero-order valence-corrected chi connectivity index (χ0v) is 14.8. The number of aromatic amines is 1. The van der Waals surface area contributed by atoms with E-state index in [0.29, 0.717) is 13.0 Å². The van der Waals surface area contributed by atoms with E-state index in [4.69, 9.17) is 4.74 Å². The van der Waals surface area contributed by atoms with Gasteiger partial charge in [-0.25, -0.2) is 0 Å². The number of nitrogens with zero attached hydrogens (tertiary/aromatic N) is 2. The van der Waals surface area contributed by atoms with Gasteiger partial charge in [0, 0.05) is 32.0 Å². The zero-order valence-electron chi connectivity index (χ0n) is 14.8. The van der Waals surface area contributed by atoms with Gasteiger partial charge in [-0.2, -0.15) is 5.10 Å². The number of nitrogens with one attached hydrogen (secondary N) is 1. The highest BCUT2D eigenvalue weighted by Gasteiger charge is 2.25. The molecule has 5 heteroatoms. The Morgan fingerprint density at radius 3 is 3.04 bits per heavy atom. The second-order valence-corrected chi connectivity index (χ2v) is 7.16. The van der Waals surface area contributed by atoms with Gasteiger partial charge in [0.25, 0.3) is 0 Å². The zero-order chi connectivity index (χ0) is 17.2. The van der Waals surface area contributed by atoms with E-state index in [0.717, 1.165) is 37.1 Å². The molecule has 1 aliphatic heterocycles. The highest BCUT2D eigenvalue weighted by Crippen LogP contribution is 2.28. The van der Waals surface area contributed by atoms with Crippen LogP contribution in [0.1, 0.15) is 41.8 Å². The van der Waals surface area contributed by atoms with E-state index in [1.54, 1.807) is 4.90 Å². The lowest BCUT2D eigenvalue weighted by Gasteiger charge is -2.21. The van der Waals surface area contributed by atoms with Crippen LogP contribution in [0.3, 0.4) is 0 Å². The van der Waals surface area contributed by atoms with Crippen molar-refractivity contribution in [2.24, 2.45) is 0 Å². The molecule has 1 aromatic heterocycles. The molecule has 0 saturated heterocycles. The highest BCUT2D eigenvalue weighted by molar-refractivity contribution is 5.76. The molecule has 1 amide bonds. The predicted molar refractivity (Wildman–Crippen MR) is 95.7 cm³/mol. The summed E-state index contributed by atoms with van der Waals surface area (Å²) in [4.78, 5) is 14.3. The number of aromatic nitrogens is 2. The van der Waals surface area contributed by atoms with Gasteiger partial charge in [0.1, 0.15) is 11.9 Å². The number of likely N-dealkylation sites (N-methyl/N-ethyl adjacent to an activating group) is 1. The monoisotopic (exact) mass is 339 g/mol. The van der Waals surface area contributed by atoms with Crippen molar-refractivity contribution >= 4 is 5.91 Å². The van der Waals surface area contributed by atoms with Crippen LogP contribution in [-0.4, -0.2) is 40.7 Å². The minimum atomic E-state index is 0.0597. The molecule has 0 radical (unpaired) electrons. The second-order valence-electron chi connectivity index (χ2n) is 7.16. The number of amides is 1. The number of H-pyrrole nitrogens is 1. The minimum absolute atomic E-state index is 0.0597. The number of carbonyl (C=O) groups is 1. The third-order valence-corrected chi connectivity index (χ3v) is 5.33. The lowest BCUT2D eigenvalue weighted by molar-refractivity contribution is -0.130. The molecule has 2 heterocycles. The Morgan fingerprint density at radius 1 is 1.32 bits per heavy atom. The SMILES string of the molecule is CN(C[C@H]1Cc2ccccc2O1)C(=O)CCc1n[nH]c2c1CCCC2. The molecular weight excluding hydrogens is 314 g/mol. The number of aryl methyl sites for hydroxylation is 2. The van der Waals surface area contributed by atoms with E-state index in [1.807, 2.05) is 25.2 Å². The fraction of sp³-hybridized carbons (Fsp3) is 0.500. The molecule has 2 aliphatic rings. The molecule has 4 rings (SSSR count). The van der Waals surface area contributed by atoms with Gasteiger partial charge in [-0.15, -0.1) is 0 Å². The van der Waals surface area contributed by atoms with Gasteiger partial charge in [0.05, 0.1) is 12.2 Å². The molecule has 0 unspecified atom stereocenters. The average Bonchev–Trinajstić information content (AvgIpc) is 3.22. The van der Waals surface area contributed by atoms with E-state index >= 15 is 0 Å². The Kier molecular flexibility index (Phi) is 4.47. The summed E-state index contributed by atoms with van der Waals surface area (Å²) in [6, 6.07) is 8.11. The first-order valence-electron chi connectivity index (χ1n) is 9.24. The highest BCUT2D eigenvalue weighted by atomic mass is 16.5. The fourth-order valence-electron chi connectivity index (χ4n) is 3.94. The summed E-state index contributed by atoms with van der Waals surface area (Å²) < 4.78 is 5.94. The van der Waals surface area contributed by atoms with Gasteiger partial charge in [-0.3, -0.25) is 9.89 Å². The first-order chi connectivity index (χ1) is 12.2. The van der Waals surface area contributed by atoms with Crippen LogP contribution in [0.25, 0.3) is 0 Å². The number of rotatable bonds is 5. The van der Waals surface area contributed by atoms with E-state index in [9.17, 15) is 4.79 Å². The lowest BCUT2D eigenvalue weighted by Crippen LogP contribution is -2.36. The number of fused-ring (bicyclic) bond motifs is 2. The Bertz CT molecular complexity index is 743. The molecule has 0 bridgehead atoms. The lowest BCUT2D eigenvalue weighted by atomic mass is 9.94. The van der Waals surface area contributed by atoms with Crippen molar-refractivity contribution in [3.63, 3.8) is 0 Å². The molecular formula is C20H25N3O2. The van der Waals surface area contributed by atoms with Crippen molar-refractivity contribution in [2.45, 2.75) is 51.0 Å². The quantitative estimate of drug-likeness (QED) is 0.911. The summed E-state index contributed by atoms with van der Waals surface area (Å²) in [5.74, 6) is 1.11. The van der Waals surface area contributed by atoms with Crippen LogP contribution >= 0.6 is 0 Å². The van der Waals surface area contributed by atoms with Crippen LogP contribution in [-0.2, 0) is 30.5 Å². The number of hydrogen-bond acceptors (Lipinski definition) is 3. The van der Waals surface area contributed by atoms with Crippen molar-refractivity contribution < 1.29 is 9.53 Å². The van der Waals surface area contributed by atoms with E-state index in [1.165, 1.54) is 29.7 Å². The van der Waals surface area contributed by atoms with Crippen molar-refractivity contribution in [2.75, 3.05) is 13.6 Å². The van der Waals surface area contributed by atoms with Crippen molar-refractivity contribution in [3.8, 4) is 5.75 Å². The summed E-state index contributed by atoms with van der Waals surface area (Å²) in [6.45, 7) is 0.631. The van der Waals surface area contributed by atoms with E-state index < -0.39 is 0 Å². The molecule has 1 atom stereocenters. The summed E-state index contributed by atoms with van der Waals surface area (Å²) in [6.07, 6.45) is 6.82. The normalized spacial score (nSPS) is 18.4. The first-order valence-corrected chi connectivity index (χ1v) is 9.24. The largest absolute Gasteiger partial charge is 0.488 e. The number of carbonyl (C=O) groups excluding carboxylic acids is 1. The number of benzene rings is 1. The van der Waals surface area contributed by atoms with Crippen LogP contribution < -0.4 is 4.74 Å². The van der Waals surface area contributed by atoms with E-state index in [-0.39, 0.29) is 12.0 Å². The molecule has 1 aromatic carbocycles. The maximum Gasteiger partial charge on any atom is 0.222 e. The van der Waals surface area contributed by atoms with Crippen LogP contribution in [0.5, 0.6) is 5.75 Å². The van der Waals surface area contributed by atoms with Gasteiger partial charge < -0.3 is 9.64 Å². The topological polar surface area (TPSA) is 58.2 Å². The van der Waals surface area contributed by atoms with Gasteiger partial charge in [-0.05, 0) is 42.9 Å². The third kappa shape index (κ3) is 3.41. The molecule has 132 valence electrons. The molecule has 0 saturated carbocycles. The summed E-state index contributed by atoms with van der Waals surface area (Å²) in [5.41, 5.74) is 4.95. The van der Waals surface area contributed by atoms with Crippen LogP contribution in [0.15, 0.2) is 24.3 Å². The Labute approximate surface area is 148 Å². The first kappa shape index (κ1) is 16.2. The number of hydrogen-bond donors (Lipinski definition) is 1. The van der Waals surface area contributed by atoms with Crippen LogP contribution in [0.4, 0.5) is 0 Å². The van der Waals surface area contributed by atoms with Gasteiger partial charge in [0.15, 0.2) is 0 Å². The van der Waals surface area contributed by atoms with Gasteiger partial charge in [-0.1, -0.05) is 18.2 Å². The van der Waals surface area contributed by atoms with Gasteiger partial charge >= 0.3 is 0 Å². The molecule has 5 nitrogen and oxygen atoms in total. The molecule has 1 aliphatic carbocycles. The summed E-state index contributed by atoms with van der Waals surface area (Å²) in [5, 5.41) is 7.59. The molecule has 2 aromatic rings. The Hall–Kier alpha value is -2.30. The van der Waals surface area contributed by atoms with E-state index in [2.05, 4.69) is 16.3 Å². The third-order valence-electron chi connectivity index (χ3n) is 5.33. The standard InChI is InChI=1S/C20H25N3O2/c1-23(13-15-12-14-6-2-5-9-19(14)25-15)20(24)11-10-18-16-7-3-4-8-17(16)21-22-18/h2,5-6,9,15H,3-4,7-8,10-13H2,1H3,(H,21,22)/t15-/m1/s1. The molecule has 0 spiro atoms. The van der Waals surface area contributed by atoms with Crippen molar-refractivity contribution in [1.82, 2.24) is 15.1 Å². The van der Waals surface area contributed by atoms with Crippen LogP contribution in [0.2, 0.25) is 0 Å². The molecule has 0 fully saturated rings. The summed E-state index contributed by atoms with van der Waals surface area (Å²) in [7, 11) is 1.87. The van der Waals surface area contributed by atoms with Crippen molar-refractivity contribution in [3.05, 3.63) is 46.8 Å². The average molecular weight is 339 g/mol. The van der Waals surface area contributed by atoms with Crippen LogP contribution in [0, 0.1) is 0 Å². The van der Waals surface area contributed by atoms with Gasteiger partial charge in [0.2, 0.25) is 5.91 Å². The Morgan fingerprint density at radius 2 is 2.16 bits per heavy atom. The smallest absolute Gasteiger partial charge is 0.222 e. The maximum atomic E-state index is 12.5. The fourth-order valence-corrected chi connectivity index (χ4v) is 3.94. The molecule has 1 N–H and O–H groups in total.